The molecule has 0 aliphatic heterocycles. The van der Waals surface area contributed by atoms with E-state index in [0.29, 0.717) is 12.3 Å². The highest BCUT2D eigenvalue weighted by atomic mass is 16.3. The van der Waals surface area contributed by atoms with Gasteiger partial charge in [-0.2, -0.15) is 0 Å². The molecule has 1 N–H and O–H groups in total. The van der Waals surface area contributed by atoms with Gasteiger partial charge in [-0.05, 0) is 24.7 Å². The molecule has 68 valence electrons. The van der Waals surface area contributed by atoms with Crippen LogP contribution in [0.1, 0.15) is 33.6 Å². The zero-order valence-corrected chi connectivity index (χ0v) is 7.92. The fourth-order valence-electron chi connectivity index (χ4n) is 2.79. The summed E-state index contributed by atoms with van der Waals surface area (Å²) in [5.74, 6) is 0.824. The van der Waals surface area contributed by atoms with E-state index in [4.69, 9.17) is 0 Å². The molecular formula is C10H16O2. The molecule has 12 heavy (non-hydrogen) atoms. The fraction of sp³-hybridized carbons (Fsp3) is 0.900. The van der Waals surface area contributed by atoms with Crippen molar-refractivity contribution >= 4 is 5.78 Å². The average Bonchev–Trinajstić information content (AvgIpc) is 2.59. The van der Waals surface area contributed by atoms with Crippen LogP contribution in [0.5, 0.6) is 0 Å². The summed E-state index contributed by atoms with van der Waals surface area (Å²) < 4.78 is 0. The summed E-state index contributed by atoms with van der Waals surface area (Å²) in [6, 6.07) is 0. The second-order valence-electron chi connectivity index (χ2n) is 4.89. The van der Waals surface area contributed by atoms with Crippen LogP contribution < -0.4 is 0 Å². The van der Waals surface area contributed by atoms with Gasteiger partial charge in [0.1, 0.15) is 5.60 Å². The molecule has 2 rings (SSSR count). The molecule has 2 nitrogen and oxygen atoms in total. The van der Waals surface area contributed by atoms with Crippen LogP contribution >= 0.6 is 0 Å². The lowest BCUT2D eigenvalue weighted by atomic mass is 9.90. The van der Waals surface area contributed by atoms with Crippen LogP contribution in [0, 0.1) is 17.3 Å². The van der Waals surface area contributed by atoms with Crippen molar-refractivity contribution in [1.29, 1.82) is 0 Å². The van der Waals surface area contributed by atoms with Gasteiger partial charge in [0, 0.05) is 12.3 Å². The van der Waals surface area contributed by atoms with E-state index in [1.54, 1.807) is 6.92 Å². The van der Waals surface area contributed by atoms with E-state index in [9.17, 15) is 9.90 Å². The van der Waals surface area contributed by atoms with E-state index in [1.807, 2.05) is 0 Å². The van der Waals surface area contributed by atoms with Gasteiger partial charge in [-0.25, -0.2) is 0 Å². The lowest BCUT2D eigenvalue weighted by Gasteiger charge is -2.15. The second kappa shape index (κ2) is 1.92. The Morgan fingerprint density at radius 1 is 1.58 bits per heavy atom. The summed E-state index contributed by atoms with van der Waals surface area (Å²) in [5.41, 5.74) is -0.842. The Labute approximate surface area is 73.0 Å². The normalized spacial score (nSPS) is 51.4. The minimum atomic E-state index is -1.01. The van der Waals surface area contributed by atoms with Crippen LogP contribution in [-0.2, 0) is 4.79 Å². The number of Topliss-reactive ketones (excluding diaryl/α,β-unsaturated/α-hetero) is 1. The van der Waals surface area contributed by atoms with Crippen molar-refractivity contribution in [2.75, 3.05) is 0 Å². The monoisotopic (exact) mass is 168 g/mol. The number of ketones is 1. The van der Waals surface area contributed by atoms with Crippen molar-refractivity contribution in [3.63, 3.8) is 0 Å². The zero-order chi connectivity index (χ0) is 9.15. The first-order valence-electron chi connectivity index (χ1n) is 4.67. The van der Waals surface area contributed by atoms with E-state index in [1.165, 1.54) is 0 Å². The molecule has 2 heteroatoms. The number of hydrogen-bond acceptors (Lipinski definition) is 2. The van der Waals surface area contributed by atoms with Crippen molar-refractivity contribution < 1.29 is 9.90 Å². The van der Waals surface area contributed by atoms with Gasteiger partial charge in [0.15, 0.2) is 5.78 Å². The molecular weight excluding hydrogens is 152 g/mol. The number of carbonyl (C=O) groups excluding carboxylic acids is 1. The molecule has 3 unspecified atom stereocenters. The Morgan fingerprint density at radius 2 is 2.17 bits per heavy atom. The molecule has 0 aromatic rings. The predicted octanol–water partition coefficient (Wildman–Crippen LogP) is 1.37. The molecule has 0 bridgehead atoms. The second-order valence-corrected chi connectivity index (χ2v) is 4.89. The molecule has 2 fully saturated rings. The number of carbonyl (C=O) groups is 1. The highest BCUT2D eigenvalue weighted by molar-refractivity contribution is 5.92. The van der Waals surface area contributed by atoms with Crippen molar-refractivity contribution in [2.45, 2.75) is 39.2 Å². The maximum absolute atomic E-state index is 11.4. The molecule has 0 aromatic carbocycles. The standard InChI is InChI=1S/C10H16O2/c1-6(2)10-4-7(10)9(3,12)8(11)5-10/h6-7,12H,4-5H2,1-3H3. The summed E-state index contributed by atoms with van der Waals surface area (Å²) in [6.45, 7) is 5.97. The Morgan fingerprint density at radius 3 is 2.42 bits per heavy atom. The molecule has 0 heterocycles. The van der Waals surface area contributed by atoms with Gasteiger partial charge >= 0.3 is 0 Å². The van der Waals surface area contributed by atoms with Gasteiger partial charge in [-0.1, -0.05) is 13.8 Å². The Balaban J connectivity index is 2.28. The summed E-state index contributed by atoms with van der Waals surface area (Å²) in [4.78, 5) is 11.4. The molecule has 0 saturated heterocycles. The van der Waals surface area contributed by atoms with Crippen molar-refractivity contribution in [2.24, 2.45) is 17.3 Å². The summed E-state index contributed by atoms with van der Waals surface area (Å²) in [5, 5.41) is 9.84. The third-order valence-electron chi connectivity index (χ3n) is 4.00. The first kappa shape index (κ1) is 8.24. The lowest BCUT2D eigenvalue weighted by Crippen LogP contribution is -2.33. The van der Waals surface area contributed by atoms with Crippen LogP contribution in [0.3, 0.4) is 0 Å². The van der Waals surface area contributed by atoms with E-state index in [0.717, 1.165) is 6.42 Å². The quantitative estimate of drug-likeness (QED) is 0.642. The van der Waals surface area contributed by atoms with Crippen LogP contribution in [0.2, 0.25) is 0 Å². The Hall–Kier alpha value is -0.370. The van der Waals surface area contributed by atoms with E-state index in [2.05, 4.69) is 13.8 Å². The Bertz CT molecular complexity index is 242. The van der Waals surface area contributed by atoms with Crippen molar-refractivity contribution in [1.82, 2.24) is 0 Å². The highest BCUT2D eigenvalue weighted by Crippen LogP contribution is 2.69. The maximum atomic E-state index is 11.4. The smallest absolute Gasteiger partial charge is 0.164 e. The molecule has 0 aromatic heterocycles. The predicted molar refractivity (Wildman–Crippen MR) is 45.6 cm³/mol. The zero-order valence-electron chi connectivity index (χ0n) is 7.92. The number of fused-ring (bicyclic) bond motifs is 1. The number of hydrogen-bond donors (Lipinski definition) is 1. The van der Waals surface area contributed by atoms with E-state index >= 15 is 0 Å². The third-order valence-corrected chi connectivity index (χ3v) is 4.00. The molecule has 2 aliphatic rings. The van der Waals surface area contributed by atoms with E-state index < -0.39 is 5.60 Å². The van der Waals surface area contributed by atoms with Crippen LogP contribution in [0.4, 0.5) is 0 Å². The highest BCUT2D eigenvalue weighted by Gasteiger charge is 2.71. The summed E-state index contributed by atoms with van der Waals surface area (Å²) >= 11 is 0. The van der Waals surface area contributed by atoms with Gasteiger partial charge in [0.25, 0.3) is 0 Å². The molecule has 2 saturated carbocycles. The summed E-state index contributed by atoms with van der Waals surface area (Å²) in [6.07, 6.45) is 1.64. The van der Waals surface area contributed by atoms with Gasteiger partial charge < -0.3 is 5.11 Å². The minimum Gasteiger partial charge on any atom is -0.382 e. The molecule has 0 spiro atoms. The number of rotatable bonds is 1. The van der Waals surface area contributed by atoms with Gasteiger partial charge in [-0.15, -0.1) is 0 Å². The maximum Gasteiger partial charge on any atom is 0.164 e. The first-order valence-corrected chi connectivity index (χ1v) is 4.67. The van der Waals surface area contributed by atoms with Gasteiger partial charge in [-0.3, -0.25) is 4.79 Å². The van der Waals surface area contributed by atoms with Crippen molar-refractivity contribution in [3.8, 4) is 0 Å². The third kappa shape index (κ3) is 0.717. The van der Waals surface area contributed by atoms with Crippen LogP contribution in [0.25, 0.3) is 0 Å². The fourth-order valence-corrected chi connectivity index (χ4v) is 2.79. The lowest BCUT2D eigenvalue weighted by molar-refractivity contribution is -0.134. The molecule has 2 aliphatic carbocycles. The molecule has 0 amide bonds. The minimum absolute atomic E-state index is 0.0486. The molecule has 0 radical (unpaired) electrons. The molecule has 3 atom stereocenters. The summed E-state index contributed by atoms with van der Waals surface area (Å²) in [7, 11) is 0. The SMILES string of the molecule is CC(C)C12CC(=O)C(C)(O)C1C2. The Kier molecular flexibility index (Phi) is 1.32. The topological polar surface area (TPSA) is 37.3 Å². The van der Waals surface area contributed by atoms with Crippen LogP contribution in [-0.4, -0.2) is 16.5 Å². The largest absolute Gasteiger partial charge is 0.382 e. The van der Waals surface area contributed by atoms with Gasteiger partial charge in [0.2, 0.25) is 0 Å². The average molecular weight is 168 g/mol. The van der Waals surface area contributed by atoms with E-state index in [-0.39, 0.29) is 17.1 Å². The van der Waals surface area contributed by atoms with Crippen LogP contribution in [0.15, 0.2) is 0 Å². The number of aliphatic hydroxyl groups is 1. The van der Waals surface area contributed by atoms with Crippen molar-refractivity contribution in [3.05, 3.63) is 0 Å². The van der Waals surface area contributed by atoms with Gasteiger partial charge in [0.05, 0.1) is 0 Å². The first-order chi connectivity index (χ1) is 5.41.